The third-order valence-electron chi connectivity index (χ3n) is 5.53. The number of amides is 2. The molecule has 7 nitrogen and oxygen atoms in total. The van der Waals surface area contributed by atoms with Crippen LogP contribution in [0, 0.1) is 5.92 Å². The molecule has 30 heavy (non-hydrogen) atoms. The van der Waals surface area contributed by atoms with Gasteiger partial charge in [-0.3, -0.25) is 9.59 Å². The number of hydrogen-bond donors (Lipinski definition) is 3. The third-order valence-corrected chi connectivity index (χ3v) is 5.53. The van der Waals surface area contributed by atoms with Gasteiger partial charge in [0.15, 0.2) is 0 Å². The maximum atomic E-state index is 12.5. The molecule has 1 aliphatic rings. The zero-order chi connectivity index (χ0) is 21.7. The second-order valence-electron chi connectivity index (χ2n) is 7.44. The standard InChI is InChI=1S/C23H26N2O5/c1-3-14(2)21(22(28)24-12-20(26)27)25-23(29)30-13-19-17-10-6-4-8-15(17)16-9-5-7-11-18(16)19/h4-11,14,19,21H,3,12-13H2,1-2H3,(H,24,28)(H,25,29)(H,26,27)/t14?,21-/m0/s1. The molecule has 0 bridgehead atoms. The lowest BCUT2D eigenvalue weighted by atomic mass is 9.98. The number of ether oxygens (including phenoxy) is 1. The summed E-state index contributed by atoms with van der Waals surface area (Å²) in [5.41, 5.74) is 4.47. The first-order valence-corrected chi connectivity index (χ1v) is 10.0. The number of alkyl carbamates (subject to hydrolysis) is 1. The van der Waals surface area contributed by atoms with Gasteiger partial charge in [0, 0.05) is 5.92 Å². The van der Waals surface area contributed by atoms with Crippen LogP contribution in [0.5, 0.6) is 0 Å². The van der Waals surface area contributed by atoms with Crippen LogP contribution in [0.2, 0.25) is 0 Å². The quantitative estimate of drug-likeness (QED) is 0.620. The van der Waals surface area contributed by atoms with E-state index < -0.39 is 30.6 Å². The molecule has 0 saturated heterocycles. The second-order valence-corrected chi connectivity index (χ2v) is 7.44. The summed E-state index contributed by atoms with van der Waals surface area (Å²) >= 11 is 0. The van der Waals surface area contributed by atoms with Crippen LogP contribution in [0.15, 0.2) is 48.5 Å². The number of aliphatic carboxylic acids is 1. The molecule has 2 aromatic rings. The Morgan fingerprint density at radius 3 is 2.13 bits per heavy atom. The minimum Gasteiger partial charge on any atom is -0.480 e. The summed E-state index contributed by atoms with van der Waals surface area (Å²) in [7, 11) is 0. The minimum atomic E-state index is -1.15. The highest BCUT2D eigenvalue weighted by Crippen LogP contribution is 2.44. The van der Waals surface area contributed by atoms with Crippen molar-refractivity contribution in [1.29, 1.82) is 0 Å². The van der Waals surface area contributed by atoms with E-state index in [1.807, 2.05) is 50.2 Å². The first kappa shape index (κ1) is 21.4. The van der Waals surface area contributed by atoms with E-state index in [0.717, 1.165) is 22.3 Å². The van der Waals surface area contributed by atoms with E-state index in [0.29, 0.717) is 6.42 Å². The molecule has 0 radical (unpaired) electrons. The van der Waals surface area contributed by atoms with Crippen molar-refractivity contribution in [3.05, 3.63) is 59.7 Å². The van der Waals surface area contributed by atoms with E-state index in [2.05, 4.69) is 22.8 Å². The van der Waals surface area contributed by atoms with Gasteiger partial charge < -0.3 is 20.5 Å². The number of carboxylic acid groups (broad SMARTS) is 1. The number of nitrogens with one attached hydrogen (secondary N) is 2. The van der Waals surface area contributed by atoms with Crippen molar-refractivity contribution < 1.29 is 24.2 Å². The summed E-state index contributed by atoms with van der Waals surface area (Å²) in [5.74, 6) is -1.95. The van der Waals surface area contributed by atoms with E-state index in [1.165, 1.54) is 0 Å². The Morgan fingerprint density at radius 1 is 1.03 bits per heavy atom. The molecule has 3 rings (SSSR count). The zero-order valence-corrected chi connectivity index (χ0v) is 17.1. The molecule has 2 atom stereocenters. The van der Waals surface area contributed by atoms with Crippen molar-refractivity contribution in [2.75, 3.05) is 13.2 Å². The van der Waals surface area contributed by atoms with Crippen molar-refractivity contribution in [3.63, 3.8) is 0 Å². The molecule has 0 spiro atoms. The lowest BCUT2D eigenvalue weighted by Crippen LogP contribution is -2.51. The Hall–Kier alpha value is -3.35. The molecule has 2 amide bonds. The molecular weight excluding hydrogens is 384 g/mol. The highest BCUT2D eigenvalue weighted by Gasteiger charge is 2.30. The normalized spacial score (nSPS) is 14.2. The van der Waals surface area contributed by atoms with Crippen LogP contribution in [0.3, 0.4) is 0 Å². The fraction of sp³-hybridized carbons (Fsp3) is 0.348. The number of fused-ring (bicyclic) bond motifs is 3. The first-order valence-electron chi connectivity index (χ1n) is 10.0. The molecule has 1 aliphatic carbocycles. The van der Waals surface area contributed by atoms with Gasteiger partial charge in [-0.2, -0.15) is 0 Å². The second kappa shape index (κ2) is 9.43. The zero-order valence-electron chi connectivity index (χ0n) is 17.1. The van der Waals surface area contributed by atoms with Crippen molar-refractivity contribution in [2.45, 2.75) is 32.2 Å². The fourth-order valence-corrected chi connectivity index (χ4v) is 3.74. The molecule has 0 heterocycles. The van der Waals surface area contributed by atoms with Crippen LogP contribution in [-0.2, 0) is 14.3 Å². The smallest absolute Gasteiger partial charge is 0.407 e. The Bertz CT molecular complexity index is 897. The molecule has 0 aliphatic heterocycles. The van der Waals surface area contributed by atoms with Crippen LogP contribution in [0.1, 0.15) is 37.3 Å². The van der Waals surface area contributed by atoms with E-state index in [9.17, 15) is 14.4 Å². The molecule has 1 unspecified atom stereocenters. The summed E-state index contributed by atoms with van der Waals surface area (Å²) in [6, 6.07) is 15.2. The van der Waals surface area contributed by atoms with Crippen molar-refractivity contribution >= 4 is 18.0 Å². The van der Waals surface area contributed by atoms with E-state index in [1.54, 1.807) is 0 Å². The predicted octanol–water partition coefficient (Wildman–Crippen LogP) is 3.14. The monoisotopic (exact) mass is 410 g/mol. The summed E-state index contributed by atoms with van der Waals surface area (Å²) in [6.45, 7) is 3.35. The van der Waals surface area contributed by atoms with Gasteiger partial charge in [0.1, 0.15) is 19.2 Å². The summed E-state index contributed by atoms with van der Waals surface area (Å²) < 4.78 is 5.49. The summed E-state index contributed by atoms with van der Waals surface area (Å²) in [6.07, 6.45) is -0.0675. The first-order chi connectivity index (χ1) is 14.4. The number of carbonyl (C=O) groups is 3. The molecule has 2 aromatic carbocycles. The molecular formula is C23H26N2O5. The SMILES string of the molecule is CCC(C)[C@H](NC(=O)OCC1c2ccccc2-c2ccccc21)C(=O)NCC(=O)O. The summed E-state index contributed by atoms with van der Waals surface area (Å²) in [5, 5.41) is 13.7. The van der Waals surface area contributed by atoms with Crippen molar-refractivity contribution in [2.24, 2.45) is 5.92 Å². The molecule has 3 N–H and O–H groups in total. The van der Waals surface area contributed by atoms with Gasteiger partial charge in [0.2, 0.25) is 5.91 Å². The highest BCUT2D eigenvalue weighted by atomic mass is 16.5. The lowest BCUT2D eigenvalue weighted by Gasteiger charge is -2.23. The number of benzene rings is 2. The number of carboxylic acids is 1. The summed E-state index contributed by atoms with van der Waals surface area (Å²) in [4.78, 5) is 35.5. The van der Waals surface area contributed by atoms with Crippen LogP contribution < -0.4 is 10.6 Å². The van der Waals surface area contributed by atoms with Gasteiger partial charge >= 0.3 is 12.1 Å². The number of rotatable bonds is 8. The van der Waals surface area contributed by atoms with E-state index in [-0.39, 0.29) is 18.4 Å². The van der Waals surface area contributed by atoms with Crippen molar-refractivity contribution in [1.82, 2.24) is 10.6 Å². The number of hydrogen-bond acceptors (Lipinski definition) is 4. The number of carbonyl (C=O) groups excluding carboxylic acids is 2. The third kappa shape index (κ3) is 4.62. The fourth-order valence-electron chi connectivity index (χ4n) is 3.74. The van der Waals surface area contributed by atoms with Crippen molar-refractivity contribution in [3.8, 4) is 11.1 Å². The largest absolute Gasteiger partial charge is 0.480 e. The molecule has 7 heteroatoms. The van der Waals surface area contributed by atoms with Crippen LogP contribution in [0.4, 0.5) is 4.79 Å². The van der Waals surface area contributed by atoms with Gasteiger partial charge in [-0.15, -0.1) is 0 Å². The van der Waals surface area contributed by atoms with Crippen LogP contribution in [0.25, 0.3) is 11.1 Å². The average molecular weight is 410 g/mol. The van der Waals surface area contributed by atoms with Crippen LogP contribution in [-0.4, -0.2) is 42.3 Å². The highest BCUT2D eigenvalue weighted by molar-refractivity contribution is 5.88. The Kier molecular flexibility index (Phi) is 6.72. The lowest BCUT2D eigenvalue weighted by molar-refractivity contribution is -0.138. The minimum absolute atomic E-state index is 0.0777. The molecule has 158 valence electrons. The maximum absolute atomic E-state index is 12.5. The molecule has 0 aromatic heterocycles. The molecule has 0 saturated carbocycles. The van der Waals surface area contributed by atoms with Gasteiger partial charge in [-0.05, 0) is 28.2 Å². The van der Waals surface area contributed by atoms with Gasteiger partial charge in [0.25, 0.3) is 0 Å². The topological polar surface area (TPSA) is 105 Å². The van der Waals surface area contributed by atoms with E-state index in [4.69, 9.17) is 9.84 Å². The Morgan fingerprint density at radius 2 is 1.60 bits per heavy atom. The Labute approximate surface area is 175 Å². The maximum Gasteiger partial charge on any atom is 0.407 e. The van der Waals surface area contributed by atoms with Gasteiger partial charge in [0.05, 0.1) is 0 Å². The van der Waals surface area contributed by atoms with Crippen LogP contribution >= 0.6 is 0 Å². The van der Waals surface area contributed by atoms with Gasteiger partial charge in [-0.1, -0.05) is 68.8 Å². The van der Waals surface area contributed by atoms with E-state index >= 15 is 0 Å². The predicted molar refractivity (Wildman–Crippen MR) is 112 cm³/mol. The Balaban J connectivity index is 1.67. The van der Waals surface area contributed by atoms with Gasteiger partial charge in [-0.25, -0.2) is 4.79 Å². The molecule has 0 fully saturated rings. The average Bonchev–Trinajstić information content (AvgIpc) is 3.07.